The van der Waals surface area contributed by atoms with Crippen LogP contribution in [-0.4, -0.2) is 47.4 Å². The maximum absolute atomic E-state index is 12.5. The molecule has 28 heavy (non-hydrogen) atoms. The van der Waals surface area contributed by atoms with Crippen LogP contribution in [0.1, 0.15) is 50.6 Å². The van der Waals surface area contributed by atoms with E-state index in [1.807, 2.05) is 37.3 Å². The van der Waals surface area contributed by atoms with Crippen molar-refractivity contribution in [3.8, 4) is 0 Å². The minimum atomic E-state index is -0.783. The molecule has 3 rings (SSSR count). The van der Waals surface area contributed by atoms with Crippen LogP contribution in [0, 0.1) is 0 Å². The zero-order valence-corrected chi connectivity index (χ0v) is 15.9. The van der Waals surface area contributed by atoms with Gasteiger partial charge < -0.3 is 15.4 Å². The molecule has 8 nitrogen and oxygen atoms in total. The van der Waals surface area contributed by atoms with Crippen LogP contribution >= 0.6 is 0 Å². The fourth-order valence-corrected chi connectivity index (χ4v) is 3.73. The molecule has 1 heterocycles. The number of carbonyl (C=O) groups is 4. The second-order valence-corrected chi connectivity index (χ2v) is 7.29. The van der Waals surface area contributed by atoms with Gasteiger partial charge in [-0.2, -0.15) is 0 Å². The van der Waals surface area contributed by atoms with Gasteiger partial charge in [0.25, 0.3) is 11.8 Å². The Labute approximate surface area is 163 Å². The average Bonchev–Trinajstić information content (AvgIpc) is 3.24. The summed E-state index contributed by atoms with van der Waals surface area (Å²) in [6, 6.07) is 8.76. The molecule has 1 aromatic carbocycles. The Morgan fingerprint density at radius 2 is 1.89 bits per heavy atom. The van der Waals surface area contributed by atoms with Gasteiger partial charge in [-0.25, -0.2) is 4.79 Å². The van der Waals surface area contributed by atoms with Crippen LogP contribution in [0.4, 0.5) is 4.79 Å². The molecule has 1 aliphatic heterocycles. The van der Waals surface area contributed by atoms with Crippen molar-refractivity contribution in [3.63, 3.8) is 0 Å². The quantitative estimate of drug-likeness (QED) is 0.547. The lowest BCUT2D eigenvalue weighted by Crippen LogP contribution is -2.44. The van der Waals surface area contributed by atoms with Crippen LogP contribution in [0.5, 0.6) is 0 Å². The van der Waals surface area contributed by atoms with E-state index in [0.717, 1.165) is 23.3 Å². The number of nitrogens with zero attached hydrogens (tertiary/aromatic N) is 1. The van der Waals surface area contributed by atoms with Gasteiger partial charge in [-0.15, -0.1) is 0 Å². The van der Waals surface area contributed by atoms with Gasteiger partial charge in [0.15, 0.2) is 6.61 Å². The maximum Gasteiger partial charge on any atom is 0.325 e. The number of esters is 1. The first kappa shape index (κ1) is 19.9. The predicted molar refractivity (Wildman–Crippen MR) is 100 cm³/mol. The number of hydrogen-bond acceptors (Lipinski definition) is 5. The van der Waals surface area contributed by atoms with Crippen molar-refractivity contribution in [1.82, 2.24) is 15.5 Å². The lowest BCUT2D eigenvalue weighted by Gasteiger charge is -2.19. The Balaban J connectivity index is 1.40. The standard InChI is InChI=1S/C20H25N3O5/c1-14(15-7-3-2-4-8-15)21-16(24)13-28-17(25)9-12-23-18(26)20(22-19(23)27)10-5-6-11-20/h2-4,7-8,14H,5-6,9-13H2,1H3,(H,21,24)(H,22,27)/t14-/m1/s1. The van der Waals surface area contributed by atoms with Gasteiger partial charge in [-0.3, -0.25) is 19.3 Å². The Morgan fingerprint density at radius 3 is 2.57 bits per heavy atom. The highest BCUT2D eigenvalue weighted by Gasteiger charge is 2.52. The smallest absolute Gasteiger partial charge is 0.325 e. The normalized spacial score (nSPS) is 18.8. The number of imide groups is 1. The minimum Gasteiger partial charge on any atom is -0.456 e. The molecule has 2 N–H and O–H groups in total. The van der Waals surface area contributed by atoms with Crippen molar-refractivity contribution in [2.24, 2.45) is 0 Å². The zero-order chi connectivity index (χ0) is 20.1. The summed E-state index contributed by atoms with van der Waals surface area (Å²) in [6.45, 7) is 1.39. The molecule has 1 saturated carbocycles. The first-order valence-electron chi connectivity index (χ1n) is 9.55. The molecule has 1 atom stereocenters. The van der Waals surface area contributed by atoms with Crippen LogP contribution in [0.15, 0.2) is 30.3 Å². The van der Waals surface area contributed by atoms with Crippen LogP contribution in [0.2, 0.25) is 0 Å². The van der Waals surface area contributed by atoms with Crippen LogP contribution in [0.3, 0.4) is 0 Å². The molecule has 8 heteroatoms. The first-order valence-corrected chi connectivity index (χ1v) is 9.55. The third-order valence-electron chi connectivity index (χ3n) is 5.28. The molecule has 0 bridgehead atoms. The van der Waals surface area contributed by atoms with Crippen LogP contribution in [0.25, 0.3) is 0 Å². The van der Waals surface area contributed by atoms with E-state index in [4.69, 9.17) is 4.74 Å². The average molecular weight is 387 g/mol. The van der Waals surface area contributed by atoms with E-state index in [1.54, 1.807) is 0 Å². The number of carbonyl (C=O) groups excluding carboxylic acids is 4. The number of ether oxygens (including phenoxy) is 1. The molecule has 1 spiro atoms. The molecule has 1 saturated heterocycles. The van der Waals surface area contributed by atoms with Crippen LogP contribution < -0.4 is 10.6 Å². The number of benzene rings is 1. The maximum atomic E-state index is 12.5. The highest BCUT2D eigenvalue weighted by atomic mass is 16.5. The SMILES string of the molecule is C[C@@H](NC(=O)COC(=O)CCN1C(=O)NC2(CCCC2)C1=O)c1ccccc1. The Morgan fingerprint density at radius 1 is 1.21 bits per heavy atom. The summed E-state index contributed by atoms with van der Waals surface area (Å²) >= 11 is 0. The predicted octanol–water partition coefficient (Wildman–Crippen LogP) is 1.66. The molecule has 150 valence electrons. The van der Waals surface area contributed by atoms with Crippen molar-refractivity contribution in [3.05, 3.63) is 35.9 Å². The molecular weight excluding hydrogens is 362 g/mol. The highest BCUT2D eigenvalue weighted by Crippen LogP contribution is 2.35. The molecule has 1 aliphatic carbocycles. The third-order valence-corrected chi connectivity index (χ3v) is 5.28. The Kier molecular flexibility index (Phi) is 5.96. The Hall–Kier alpha value is -2.90. The monoisotopic (exact) mass is 387 g/mol. The van der Waals surface area contributed by atoms with Gasteiger partial charge >= 0.3 is 12.0 Å². The topological polar surface area (TPSA) is 105 Å². The second-order valence-electron chi connectivity index (χ2n) is 7.29. The molecule has 0 radical (unpaired) electrons. The number of rotatable bonds is 7. The van der Waals surface area contributed by atoms with Gasteiger partial charge in [0.1, 0.15) is 5.54 Å². The lowest BCUT2D eigenvalue weighted by atomic mass is 9.98. The lowest BCUT2D eigenvalue weighted by molar-refractivity contribution is -0.149. The molecular formula is C20H25N3O5. The summed E-state index contributed by atoms with van der Waals surface area (Å²) in [5, 5.41) is 5.51. The van der Waals surface area contributed by atoms with Crippen LogP contribution in [-0.2, 0) is 19.1 Å². The number of hydrogen-bond donors (Lipinski definition) is 2. The van der Waals surface area contributed by atoms with Crippen molar-refractivity contribution in [2.75, 3.05) is 13.2 Å². The van der Waals surface area contributed by atoms with Gasteiger partial charge in [0.2, 0.25) is 0 Å². The number of urea groups is 1. The van der Waals surface area contributed by atoms with E-state index in [0.29, 0.717) is 12.8 Å². The largest absolute Gasteiger partial charge is 0.456 e. The van der Waals surface area contributed by atoms with Crippen molar-refractivity contribution in [2.45, 2.75) is 50.6 Å². The molecule has 4 amide bonds. The number of nitrogens with one attached hydrogen (secondary N) is 2. The van der Waals surface area contributed by atoms with Crippen molar-refractivity contribution in [1.29, 1.82) is 0 Å². The van der Waals surface area contributed by atoms with E-state index >= 15 is 0 Å². The van der Waals surface area contributed by atoms with E-state index in [1.165, 1.54) is 0 Å². The van der Waals surface area contributed by atoms with E-state index < -0.39 is 30.1 Å². The van der Waals surface area contributed by atoms with Gasteiger partial charge in [-0.1, -0.05) is 43.2 Å². The van der Waals surface area contributed by atoms with Gasteiger partial charge in [0, 0.05) is 6.54 Å². The second kappa shape index (κ2) is 8.41. The molecule has 2 aliphatic rings. The third kappa shape index (κ3) is 4.32. The zero-order valence-electron chi connectivity index (χ0n) is 15.9. The summed E-state index contributed by atoms with van der Waals surface area (Å²) in [5.41, 5.74) is 0.163. The Bertz CT molecular complexity index is 758. The van der Waals surface area contributed by atoms with Gasteiger partial charge in [0.05, 0.1) is 12.5 Å². The minimum absolute atomic E-state index is 0.0483. The van der Waals surface area contributed by atoms with E-state index in [9.17, 15) is 19.2 Å². The summed E-state index contributed by atoms with van der Waals surface area (Å²) in [7, 11) is 0. The highest BCUT2D eigenvalue weighted by molar-refractivity contribution is 6.07. The molecule has 0 aromatic heterocycles. The summed E-state index contributed by atoms with van der Waals surface area (Å²) in [5.74, 6) is -1.31. The van der Waals surface area contributed by atoms with E-state index in [-0.39, 0.29) is 24.9 Å². The summed E-state index contributed by atoms with van der Waals surface area (Å²) < 4.78 is 4.97. The van der Waals surface area contributed by atoms with E-state index in [2.05, 4.69) is 10.6 Å². The molecule has 0 unspecified atom stereocenters. The van der Waals surface area contributed by atoms with Crippen molar-refractivity contribution >= 4 is 23.8 Å². The molecule has 1 aromatic rings. The fourth-order valence-electron chi connectivity index (χ4n) is 3.73. The molecule has 2 fully saturated rings. The van der Waals surface area contributed by atoms with Crippen molar-refractivity contribution < 1.29 is 23.9 Å². The van der Waals surface area contributed by atoms with Gasteiger partial charge in [-0.05, 0) is 25.3 Å². The summed E-state index contributed by atoms with van der Waals surface area (Å²) in [6.07, 6.45) is 2.93. The number of amides is 4. The first-order chi connectivity index (χ1) is 13.4. The fraction of sp³-hybridized carbons (Fsp3) is 0.500. The summed E-state index contributed by atoms with van der Waals surface area (Å²) in [4.78, 5) is 49.5.